The molecule has 1 aromatic heterocycles. The van der Waals surface area contributed by atoms with E-state index in [2.05, 4.69) is 33.8 Å². The van der Waals surface area contributed by atoms with E-state index in [0.29, 0.717) is 5.15 Å². The molecule has 0 saturated heterocycles. The number of aromatic nitrogens is 1. The molecule has 0 unspecified atom stereocenters. The van der Waals surface area contributed by atoms with E-state index in [0.717, 1.165) is 24.8 Å². The Hall–Kier alpha value is -1.10. The Balaban J connectivity index is 1.69. The van der Waals surface area contributed by atoms with Crippen molar-refractivity contribution in [2.45, 2.75) is 19.6 Å². The van der Waals surface area contributed by atoms with Gasteiger partial charge in [-0.05, 0) is 16.7 Å². The number of thiazole rings is 1. The van der Waals surface area contributed by atoms with Crippen molar-refractivity contribution in [2.24, 2.45) is 0 Å². The number of benzene rings is 1. The van der Waals surface area contributed by atoms with Gasteiger partial charge in [0.2, 0.25) is 0 Å². The molecule has 88 valence electrons. The van der Waals surface area contributed by atoms with Gasteiger partial charge in [-0.3, -0.25) is 0 Å². The summed E-state index contributed by atoms with van der Waals surface area (Å²) in [6.45, 7) is 2.76. The van der Waals surface area contributed by atoms with Crippen LogP contribution in [0.4, 0.5) is 5.13 Å². The molecule has 0 amide bonds. The van der Waals surface area contributed by atoms with E-state index < -0.39 is 0 Å². The summed E-state index contributed by atoms with van der Waals surface area (Å²) in [5.74, 6) is 0. The molecule has 0 aliphatic carbocycles. The lowest BCUT2D eigenvalue weighted by Gasteiger charge is -2.05. The van der Waals surface area contributed by atoms with Gasteiger partial charge in [-0.2, -0.15) is 0 Å². The first kappa shape index (κ1) is 11.0. The molecular weight excluding hydrogens is 254 g/mol. The molecule has 0 radical (unpaired) electrons. The van der Waals surface area contributed by atoms with Crippen LogP contribution in [0.5, 0.6) is 0 Å². The largest absolute Gasteiger partial charge is 0.357 e. The van der Waals surface area contributed by atoms with Gasteiger partial charge in [-0.25, -0.2) is 4.98 Å². The van der Waals surface area contributed by atoms with E-state index in [1.54, 1.807) is 0 Å². The third-order valence-electron chi connectivity index (χ3n) is 2.82. The van der Waals surface area contributed by atoms with Crippen molar-refractivity contribution in [3.63, 3.8) is 0 Å². The number of hydrogen-bond acceptors (Lipinski definition) is 4. The highest BCUT2D eigenvalue weighted by Crippen LogP contribution is 2.21. The zero-order valence-corrected chi connectivity index (χ0v) is 10.7. The fraction of sp³-hybridized carbons (Fsp3) is 0.250. The summed E-state index contributed by atoms with van der Waals surface area (Å²) >= 11 is 7.30. The van der Waals surface area contributed by atoms with Crippen LogP contribution in [0.25, 0.3) is 0 Å². The molecular formula is C12H12ClN3S. The second kappa shape index (κ2) is 4.64. The molecule has 3 rings (SSSR count). The molecule has 0 spiro atoms. The van der Waals surface area contributed by atoms with Crippen LogP contribution in [0.1, 0.15) is 16.7 Å². The Morgan fingerprint density at radius 3 is 3.06 bits per heavy atom. The summed E-state index contributed by atoms with van der Waals surface area (Å²) in [4.78, 5) is 4.16. The predicted octanol–water partition coefficient (Wildman–Crippen LogP) is 3.01. The van der Waals surface area contributed by atoms with E-state index in [9.17, 15) is 0 Å². The third kappa shape index (κ3) is 2.44. The molecule has 1 aliphatic rings. The molecule has 2 heterocycles. The summed E-state index contributed by atoms with van der Waals surface area (Å²) in [6.07, 6.45) is 0. The third-order valence-corrected chi connectivity index (χ3v) is 3.94. The topological polar surface area (TPSA) is 37.0 Å². The number of nitrogens with one attached hydrogen (secondary N) is 2. The highest BCUT2D eigenvalue weighted by Gasteiger charge is 2.09. The average molecular weight is 266 g/mol. The van der Waals surface area contributed by atoms with Gasteiger partial charge in [0.15, 0.2) is 5.13 Å². The van der Waals surface area contributed by atoms with Crippen molar-refractivity contribution in [1.29, 1.82) is 0 Å². The van der Waals surface area contributed by atoms with Gasteiger partial charge in [0.25, 0.3) is 0 Å². The smallest absolute Gasteiger partial charge is 0.184 e. The van der Waals surface area contributed by atoms with E-state index in [1.165, 1.54) is 28.0 Å². The highest BCUT2D eigenvalue weighted by molar-refractivity contribution is 7.14. The number of fused-ring (bicyclic) bond motifs is 1. The van der Waals surface area contributed by atoms with Crippen LogP contribution in [-0.2, 0) is 19.6 Å². The molecule has 0 bridgehead atoms. The lowest BCUT2D eigenvalue weighted by Crippen LogP contribution is -2.00. The highest BCUT2D eigenvalue weighted by atomic mass is 35.5. The molecule has 5 heteroatoms. The monoisotopic (exact) mass is 265 g/mol. The minimum absolute atomic E-state index is 0.552. The Labute approximate surface area is 109 Å². The van der Waals surface area contributed by atoms with Crippen LogP contribution in [0.2, 0.25) is 5.15 Å². The normalized spacial score (nSPS) is 13.7. The van der Waals surface area contributed by atoms with Gasteiger partial charge in [0.1, 0.15) is 5.15 Å². The number of nitrogens with zero attached hydrogens (tertiary/aromatic N) is 1. The van der Waals surface area contributed by atoms with Crippen molar-refractivity contribution in [2.75, 3.05) is 5.32 Å². The average Bonchev–Trinajstić information content (AvgIpc) is 2.94. The molecule has 2 aromatic rings. The van der Waals surface area contributed by atoms with Crippen molar-refractivity contribution >= 4 is 28.1 Å². The fourth-order valence-corrected chi connectivity index (χ4v) is 2.81. The van der Waals surface area contributed by atoms with E-state index in [1.807, 2.05) is 5.38 Å². The molecule has 1 aliphatic heterocycles. The van der Waals surface area contributed by atoms with E-state index >= 15 is 0 Å². The van der Waals surface area contributed by atoms with Gasteiger partial charge in [-0.1, -0.05) is 29.8 Å². The van der Waals surface area contributed by atoms with Gasteiger partial charge in [0, 0.05) is 25.0 Å². The maximum absolute atomic E-state index is 5.77. The maximum Gasteiger partial charge on any atom is 0.184 e. The van der Waals surface area contributed by atoms with Crippen molar-refractivity contribution < 1.29 is 0 Å². The first-order chi connectivity index (χ1) is 8.31. The van der Waals surface area contributed by atoms with Crippen molar-refractivity contribution in [1.82, 2.24) is 10.3 Å². The lowest BCUT2D eigenvalue weighted by atomic mass is 10.1. The quantitative estimate of drug-likeness (QED) is 0.896. The predicted molar refractivity (Wildman–Crippen MR) is 71.4 cm³/mol. The van der Waals surface area contributed by atoms with Gasteiger partial charge in [-0.15, -0.1) is 11.3 Å². The van der Waals surface area contributed by atoms with Crippen LogP contribution >= 0.6 is 22.9 Å². The minimum Gasteiger partial charge on any atom is -0.357 e. The van der Waals surface area contributed by atoms with E-state index in [-0.39, 0.29) is 0 Å². The lowest BCUT2D eigenvalue weighted by molar-refractivity contribution is 0.764. The first-order valence-electron chi connectivity index (χ1n) is 5.47. The second-order valence-electron chi connectivity index (χ2n) is 4.04. The summed E-state index contributed by atoms with van der Waals surface area (Å²) < 4.78 is 0. The van der Waals surface area contributed by atoms with Gasteiger partial charge < -0.3 is 10.6 Å². The number of rotatable bonds is 3. The molecule has 0 fully saturated rings. The zero-order valence-electron chi connectivity index (χ0n) is 9.16. The Kier molecular flexibility index (Phi) is 3.01. The van der Waals surface area contributed by atoms with Crippen LogP contribution in [0.15, 0.2) is 23.6 Å². The Bertz CT molecular complexity index is 538. The first-order valence-corrected chi connectivity index (χ1v) is 6.73. The summed E-state index contributed by atoms with van der Waals surface area (Å²) in [7, 11) is 0. The molecule has 1 aromatic carbocycles. The van der Waals surface area contributed by atoms with Crippen LogP contribution in [-0.4, -0.2) is 4.98 Å². The molecule has 0 saturated carbocycles. The minimum atomic E-state index is 0.552. The number of anilines is 1. The molecule has 0 atom stereocenters. The van der Waals surface area contributed by atoms with E-state index in [4.69, 9.17) is 11.6 Å². The standard InChI is InChI=1S/C12H12ClN3S/c13-11-7-17-12(16-11)15-4-8-1-2-9-5-14-6-10(9)3-8/h1-3,7,14H,4-6H2,(H,15,16). The van der Waals surface area contributed by atoms with Gasteiger partial charge >= 0.3 is 0 Å². The fourth-order valence-electron chi connectivity index (χ4n) is 1.97. The molecule has 2 N–H and O–H groups in total. The van der Waals surface area contributed by atoms with Gasteiger partial charge in [0.05, 0.1) is 0 Å². The van der Waals surface area contributed by atoms with Crippen molar-refractivity contribution in [3.8, 4) is 0 Å². The number of halogens is 1. The van der Waals surface area contributed by atoms with Crippen LogP contribution in [0.3, 0.4) is 0 Å². The van der Waals surface area contributed by atoms with Crippen LogP contribution < -0.4 is 10.6 Å². The van der Waals surface area contributed by atoms with Crippen molar-refractivity contribution in [3.05, 3.63) is 45.4 Å². The number of hydrogen-bond donors (Lipinski definition) is 2. The Morgan fingerprint density at radius 1 is 1.35 bits per heavy atom. The SMILES string of the molecule is Clc1csc(NCc2ccc3c(c2)CNC3)n1. The van der Waals surface area contributed by atoms with Crippen LogP contribution in [0, 0.1) is 0 Å². The molecule has 3 nitrogen and oxygen atoms in total. The summed E-state index contributed by atoms with van der Waals surface area (Å²) in [6, 6.07) is 6.60. The second-order valence-corrected chi connectivity index (χ2v) is 5.28. The maximum atomic E-state index is 5.77. The zero-order chi connectivity index (χ0) is 11.7. The summed E-state index contributed by atoms with van der Waals surface area (Å²) in [5, 5.41) is 9.87. The molecule has 17 heavy (non-hydrogen) atoms. The summed E-state index contributed by atoms with van der Waals surface area (Å²) in [5.41, 5.74) is 4.09. The Morgan fingerprint density at radius 2 is 2.24 bits per heavy atom.